The van der Waals surface area contributed by atoms with Crippen molar-refractivity contribution < 1.29 is 22.7 Å². The van der Waals surface area contributed by atoms with Crippen molar-refractivity contribution in [2.75, 3.05) is 6.54 Å². The van der Waals surface area contributed by atoms with E-state index in [1.807, 2.05) is 6.07 Å². The molecule has 0 N–H and O–H groups in total. The van der Waals surface area contributed by atoms with Crippen LogP contribution in [0.2, 0.25) is 0 Å². The zero-order valence-corrected chi connectivity index (χ0v) is 17.3. The van der Waals surface area contributed by atoms with Crippen molar-refractivity contribution in [3.63, 3.8) is 0 Å². The Morgan fingerprint density at radius 1 is 1.23 bits per heavy atom. The van der Waals surface area contributed by atoms with Crippen LogP contribution >= 0.6 is 15.9 Å². The minimum atomic E-state index is -4.53. The van der Waals surface area contributed by atoms with Gasteiger partial charge in [0.25, 0.3) is 0 Å². The van der Waals surface area contributed by atoms with Crippen molar-refractivity contribution in [1.82, 2.24) is 19.3 Å². The number of likely N-dealkylation sites (tertiary alicyclic amines) is 1. The van der Waals surface area contributed by atoms with E-state index >= 15 is 0 Å². The molecule has 1 saturated heterocycles. The number of benzene rings is 1. The predicted molar refractivity (Wildman–Crippen MR) is 106 cm³/mol. The maximum absolute atomic E-state index is 13.6. The molecule has 4 rings (SSSR count). The third kappa shape index (κ3) is 4.14. The quantitative estimate of drug-likeness (QED) is 0.530. The fraction of sp³-hybridized carbons (Fsp3) is 0.350. The van der Waals surface area contributed by atoms with E-state index in [2.05, 4.69) is 25.9 Å². The molecule has 1 fully saturated rings. The first kappa shape index (κ1) is 20.6. The Balaban J connectivity index is 1.57. The number of carbonyl (C=O) groups excluding carboxylic acids is 1. The van der Waals surface area contributed by atoms with E-state index in [9.17, 15) is 18.0 Å². The summed E-state index contributed by atoms with van der Waals surface area (Å²) in [6.07, 6.45) is -0.561. The molecule has 30 heavy (non-hydrogen) atoms. The van der Waals surface area contributed by atoms with E-state index in [1.165, 1.54) is 0 Å². The van der Waals surface area contributed by atoms with Crippen LogP contribution in [-0.2, 0) is 11.3 Å². The maximum atomic E-state index is 13.6. The number of nitrogens with zero attached hydrogens (tertiary/aromatic N) is 4. The van der Waals surface area contributed by atoms with E-state index in [4.69, 9.17) is 4.74 Å². The maximum Gasteiger partial charge on any atom is 0.410 e. The van der Waals surface area contributed by atoms with Crippen LogP contribution < -0.4 is 0 Å². The van der Waals surface area contributed by atoms with E-state index in [0.29, 0.717) is 21.5 Å². The number of aromatic nitrogens is 3. The number of alkyl halides is 3. The highest BCUT2D eigenvalue weighted by Gasteiger charge is 2.49. The summed E-state index contributed by atoms with van der Waals surface area (Å²) >= 11 is 3.36. The second-order valence-electron chi connectivity index (χ2n) is 7.12. The Bertz CT molecular complexity index is 1040. The fourth-order valence-electron chi connectivity index (χ4n) is 3.76. The SMILES string of the molecule is O=C(OCc1ccccc1)N1CC(c2nc(Br)n3ccncc23)CCC1C(F)(F)F. The van der Waals surface area contributed by atoms with E-state index in [1.54, 1.807) is 47.3 Å². The summed E-state index contributed by atoms with van der Waals surface area (Å²) in [7, 11) is 0. The lowest BCUT2D eigenvalue weighted by Crippen LogP contribution is -2.53. The second-order valence-corrected chi connectivity index (χ2v) is 7.83. The molecule has 2 aromatic heterocycles. The summed E-state index contributed by atoms with van der Waals surface area (Å²) < 4.78 is 48.3. The summed E-state index contributed by atoms with van der Waals surface area (Å²) in [5.74, 6) is -0.363. The zero-order valence-electron chi connectivity index (χ0n) is 15.7. The van der Waals surface area contributed by atoms with Crippen LogP contribution in [0.4, 0.5) is 18.0 Å². The van der Waals surface area contributed by atoms with Crippen molar-refractivity contribution >= 4 is 27.5 Å². The highest BCUT2D eigenvalue weighted by atomic mass is 79.9. The molecule has 1 aromatic carbocycles. The number of ether oxygens (including phenoxy) is 1. The third-order valence-electron chi connectivity index (χ3n) is 5.22. The van der Waals surface area contributed by atoms with Crippen LogP contribution in [-0.4, -0.2) is 44.1 Å². The highest BCUT2D eigenvalue weighted by molar-refractivity contribution is 9.10. The van der Waals surface area contributed by atoms with E-state index in [0.717, 1.165) is 4.90 Å². The number of carbonyl (C=O) groups is 1. The summed E-state index contributed by atoms with van der Waals surface area (Å²) in [6.45, 7) is -0.222. The molecule has 2 unspecified atom stereocenters. The monoisotopic (exact) mass is 482 g/mol. The van der Waals surface area contributed by atoms with E-state index < -0.39 is 18.3 Å². The lowest BCUT2D eigenvalue weighted by molar-refractivity contribution is -0.187. The number of piperidine rings is 1. The van der Waals surface area contributed by atoms with Gasteiger partial charge in [-0.05, 0) is 34.3 Å². The van der Waals surface area contributed by atoms with Gasteiger partial charge in [-0.1, -0.05) is 30.3 Å². The minimum absolute atomic E-state index is 0.0890. The fourth-order valence-corrected chi connectivity index (χ4v) is 4.26. The molecule has 2 atom stereocenters. The molecule has 0 radical (unpaired) electrons. The first-order chi connectivity index (χ1) is 14.3. The van der Waals surface area contributed by atoms with Gasteiger partial charge in [-0.3, -0.25) is 14.3 Å². The molecule has 0 bridgehead atoms. The summed E-state index contributed by atoms with van der Waals surface area (Å²) in [6, 6.07) is 6.96. The van der Waals surface area contributed by atoms with Gasteiger partial charge in [0.1, 0.15) is 12.6 Å². The Labute approximate surface area is 178 Å². The Kier molecular flexibility index (Phi) is 5.68. The number of imidazole rings is 1. The molecule has 1 amide bonds. The molecule has 0 spiro atoms. The Morgan fingerprint density at radius 3 is 2.73 bits per heavy atom. The number of fused-ring (bicyclic) bond motifs is 1. The number of halogens is 4. The zero-order chi connectivity index (χ0) is 21.3. The number of rotatable bonds is 3. The number of amides is 1. The van der Waals surface area contributed by atoms with Gasteiger partial charge in [0, 0.05) is 24.9 Å². The normalized spacial score (nSPS) is 19.8. The van der Waals surface area contributed by atoms with Crippen LogP contribution in [0, 0.1) is 0 Å². The van der Waals surface area contributed by atoms with E-state index in [-0.39, 0.29) is 31.9 Å². The topological polar surface area (TPSA) is 59.7 Å². The molecule has 1 aliphatic heterocycles. The largest absolute Gasteiger partial charge is 0.445 e. The number of hydrogen-bond donors (Lipinski definition) is 0. The minimum Gasteiger partial charge on any atom is -0.445 e. The molecule has 3 heterocycles. The molecule has 6 nitrogen and oxygen atoms in total. The first-order valence-electron chi connectivity index (χ1n) is 9.36. The van der Waals surface area contributed by atoms with Crippen molar-refractivity contribution in [3.8, 4) is 0 Å². The Morgan fingerprint density at radius 2 is 2.00 bits per heavy atom. The predicted octanol–water partition coefficient (Wildman–Crippen LogP) is 4.94. The van der Waals surface area contributed by atoms with Crippen LogP contribution in [0.15, 0.2) is 53.7 Å². The Hall–Kier alpha value is -2.62. The lowest BCUT2D eigenvalue weighted by atomic mass is 9.90. The van der Waals surface area contributed by atoms with Gasteiger partial charge in [-0.2, -0.15) is 13.2 Å². The molecule has 1 aliphatic rings. The van der Waals surface area contributed by atoms with Crippen molar-refractivity contribution in [2.45, 2.75) is 37.6 Å². The smallest absolute Gasteiger partial charge is 0.410 e. The van der Waals surface area contributed by atoms with Gasteiger partial charge >= 0.3 is 12.3 Å². The first-order valence-corrected chi connectivity index (χ1v) is 10.2. The van der Waals surface area contributed by atoms with Gasteiger partial charge in [-0.15, -0.1) is 0 Å². The average Bonchev–Trinajstić information content (AvgIpc) is 3.08. The summed E-state index contributed by atoms with van der Waals surface area (Å²) in [4.78, 5) is 22.0. The van der Waals surface area contributed by atoms with Crippen molar-refractivity contribution in [2.24, 2.45) is 0 Å². The average molecular weight is 483 g/mol. The second kappa shape index (κ2) is 8.25. The molecule has 0 aliphatic carbocycles. The van der Waals surface area contributed by atoms with Gasteiger partial charge in [0.2, 0.25) is 0 Å². The molecular formula is C20H18BrF3N4O2. The molecular weight excluding hydrogens is 465 g/mol. The van der Waals surface area contributed by atoms with Gasteiger partial charge in [0.05, 0.1) is 17.4 Å². The molecule has 158 valence electrons. The van der Waals surface area contributed by atoms with Gasteiger partial charge in [0.15, 0.2) is 4.73 Å². The van der Waals surface area contributed by atoms with Crippen LogP contribution in [0.25, 0.3) is 5.52 Å². The van der Waals surface area contributed by atoms with Crippen LogP contribution in [0.1, 0.15) is 30.0 Å². The lowest BCUT2D eigenvalue weighted by Gasteiger charge is -2.39. The number of hydrogen-bond acceptors (Lipinski definition) is 4. The van der Waals surface area contributed by atoms with Crippen molar-refractivity contribution in [3.05, 3.63) is 64.9 Å². The standard InChI is InChI=1S/C20H18BrF3N4O2/c21-18-26-17(15-10-25-8-9-27(15)18)14-6-7-16(20(22,23)24)28(11-14)19(29)30-12-13-4-2-1-3-5-13/h1-5,8-10,14,16H,6-7,11-12H2. The molecule has 10 heteroatoms. The van der Waals surface area contributed by atoms with Crippen LogP contribution in [0.3, 0.4) is 0 Å². The highest BCUT2D eigenvalue weighted by Crippen LogP contribution is 2.39. The third-order valence-corrected chi connectivity index (χ3v) is 5.78. The van der Waals surface area contributed by atoms with Crippen LogP contribution in [0.5, 0.6) is 0 Å². The molecule has 0 saturated carbocycles. The summed E-state index contributed by atoms with van der Waals surface area (Å²) in [5.41, 5.74) is 2.01. The summed E-state index contributed by atoms with van der Waals surface area (Å²) in [5, 5.41) is 0. The van der Waals surface area contributed by atoms with Crippen molar-refractivity contribution in [1.29, 1.82) is 0 Å². The molecule has 3 aromatic rings. The van der Waals surface area contributed by atoms with Gasteiger partial charge in [-0.25, -0.2) is 9.78 Å². The van der Waals surface area contributed by atoms with Gasteiger partial charge < -0.3 is 4.74 Å².